The van der Waals surface area contributed by atoms with Crippen LogP contribution in [0, 0.1) is 0 Å². The minimum Gasteiger partial charge on any atom is -0.493 e. The lowest BCUT2D eigenvalue weighted by Crippen LogP contribution is -2.07. The van der Waals surface area contributed by atoms with E-state index >= 15 is 0 Å². The van der Waals surface area contributed by atoms with Crippen LogP contribution in [0.15, 0.2) is 22.7 Å². The zero-order valence-corrected chi connectivity index (χ0v) is 9.81. The van der Waals surface area contributed by atoms with E-state index in [9.17, 15) is 13.2 Å². The van der Waals surface area contributed by atoms with Crippen LogP contribution in [0.5, 0.6) is 5.75 Å². The van der Waals surface area contributed by atoms with Crippen molar-refractivity contribution >= 4 is 15.9 Å². The predicted octanol–water partition coefficient (Wildman–Crippen LogP) is 3.23. The molecule has 90 valence electrons. The third-order valence-corrected chi connectivity index (χ3v) is 2.51. The second kappa shape index (κ2) is 5.54. The number of aliphatic hydroxyl groups excluding tert-OH is 1. The topological polar surface area (TPSA) is 29.5 Å². The molecule has 6 heteroatoms. The van der Waals surface area contributed by atoms with E-state index in [1.807, 2.05) is 0 Å². The highest BCUT2D eigenvalue weighted by Crippen LogP contribution is 2.36. The van der Waals surface area contributed by atoms with Gasteiger partial charge in [-0.1, -0.05) is 15.9 Å². The van der Waals surface area contributed by atoms with Gasteiger partial charge >= 0.3 is 6.18 Å². The smallest absolute Gasteiger partial charge is 0.417 e. The second-order valence-electron chi connectivity index (χ2n) is 3.07. The van der Waals surface area contributed by atoms with Crippen LogP contribution in [0.25, 0.3) is 0 Å². The molecule has 0 saturated heterocycles. The Bertz CT molecular complexity index is 352. The monoisotopic (exact) mass is 298 g/mol. The van der Waals surface area contributed by atoms with E-state index in [2.05, 4.69) is 15.9 Å². The van der Waals surface area contributed by atoms with Crippen LogP contribution in [0.3, 0.4) is 0 Å². The fourth-order valence-electron chi connectivity index (χ4n) is 1.07. The van der Waals surface area contributed by atoms with Crippen LogP contribution in [0.4, 0.5) is 13.2 Å². The van der Waals surface area contributed by atoms with Crippen LogP contribution in [-0.4, -0.2) is 18.3 Å². The Hall–Kier alpha value is -0.750. The predicted molar refractivity (Wildman–Crippen MR) is 56.3 cm³/mol. The lowest BCUT2D eigenvalue weighted by atomic mass is 10.2. The zero-order valence-electron chi connectivity index (χ0n) is 8.22. The van der Waals surface area contributed by atoms with Gasteiger partial charge in [0.2, 0.25) is 0 Å². The maximum absolute atomic E-state index is 12.5. The van der Waals surface area contributed by atoms with Gasteiger partial charge in [0, 0.05) is 17.5 Å². The summed E-state index contributed by atoms with van der Waals surface area (Å²) in [6.07, 6.45) is -4.02. The van der Waals surface area contributed by atoms with Crippen molar-refractivity contribution in [1.82, 2.24) is 0 Å². The molecule has 0 aromatic heterocycles. The summed E-state index contributed by atoms with van der Waals surface area (Å²) in [4.78, 5) is 0. The molecule has 0 amide bonds. The van der Waals surface area contributed by atoms with Crippen LogP contribution < -0.4 is 4.74 Å². The van der Waals surface area contributed by atoms with Crippen molar-refractivity contribution in [2.75, 3.05) is 13.2 Å². The van der Waals surface area contributed by atoms with Crippen molar-refractivity contribution in [3.8, 4) is 5.75 Å². The van der Waals surface area contributed by atoms with Crippen molar-refractivity contribution in [1.29, 1.82) is 0 Å². The molecule has 2 nitrogen and oxygen atoms in total. The Morgan fingerprint density at radius 3 is 2.56 bits per heavy atom. The second-order valence-corrected chi connectivity index (χ2v) is 3.92. The number of ether oxygens (including phenoxy) is 1. The number of benzene rings is 1. The molecule has 0 atom stereocenters. The van der Waals surface area contributed by atoms with Crippen LogP contribution in [-0.2, 0) is 6.18 Å². The standard InChI is InChI=1S/C10H10BrF3O2/c11-9-3-2-7(16-5-1-4-15)6-8(9)10(12,13)14/h2-3,6,15H,1,4-5H2. The van der Waals surface area contributed by atoms with Crippen molar-refractivity contribution in [2.45, 2.75) is 12.6 Å². The lowest BCUT2D eigenvalue weighted by Gasteiger charge is -2.11. The molecule has 0 aliphatic heterocycles. The number of halogens is 4. The van der Waals surface area contributed by atoms with Crippen molar-refractivity contribution in [3.63, 3.8) is 0 Å². The van der Waals surface area contributed by atoms with Gasteiger partial charge in [0.15, 0.2) is 0 Å². The lowest BCUT2D eigenvalue weighted by molar-refractivity contribution is -0.138. The zero-order chi connectivity index (χ0) is 12.2. The van der Waals surface area contributed by atoms with E-state index in [-0.39, 0.29) is 23.4 Å². The molecular formula is C10H10BrF3O2. The van der Waals surface area contributed by atoms with E-state index < -0.39 is 11.7 Å². The highest BCUT2D eigenvalue weighted by Gasteiger charge is 2.33. The molecule has 0 unspecified atom stereocenters. The van der Waals surface area contributed by atoms with E-state index in [4.69, 9.17) is 9.84 Å². The first-order chi connectivity index (χ1) is 7.45. The summed E-state index contributed by atoms with van der Waals surface area (Å²) in [5, 5.41) is 8.50. The number of hydrogen-bond donors (Lipinski definition) is 1. The van der Waals surface area contributed by atoms with Gasteiger partial charge in [0.25, 0.3) is 0 Å². The first-order valence-electron chi connectivity index (χ1n) is 4.55. The van der Waals surface area contributed by atoms with E-state index in [0.717, 1.165) is 6.07 Å². The molecule has 0 radical (unpaired) electrons. The van der Waals surface area contributed by atoms with E-state index in [1.54, 1.807) is 0 Å². The molecule has 1 rings (SSSR count). The summed E-state index contributed by atoms with van der Waals surface area (Å²) in [6.45, 7) is 0.137. The Balaban J connectivity index is 2.82. The Labute approximate surface area is 99.2 Å². The third kappa shape index (κ3) is 3.68. The number of alkyl halides is 3. The van der Waals surface area contributed by atoms with Gasteiger partial charge in [-0.25, -0.2) is 0 Å². The van der Waals surface area contributed by atoms with Gasteiger partial charge < -0.3 is 9.84 Å². The SMILES string of the molecule is OCCCOc1ccc(Br)c(C(F)(F)F)c1. The third-order valence-electron chi connectivity index (χ3n) is 1.81. The number of hydrogen-bond acceptors (Lipinski definition) is 2. The normalized spacial score (nSPS) is 11.6. The van der Waals surface area contributed by atoms with Gasteiger partial charge in [-0.05, 0) is 18.2 Å². The quantitative estimate of drug-likeness (QED) is 0.865. The summed E-state index contributed by atoms with van der Waals surface area (Å²) < 4.78 is 42.5. The van der Waals surface area contributed by atoms with Gasteiger partial charge in [-0.2, -0.15) is 13.2 Å². The minimum absolute atomic E-state index is 0.0190. The van der Waals surface area contributed by atoms with Crippen LogP contribution in [0.1, 0.15) is 12.0 Å². The molecule has 1 aromatic carbocycles. The fraction of sp³-hybridized carbons (Fsp3) is 0.400. The largest absolute Gasteiger partial charge is 0.493 e. The first kappa shape index (κ1) is 13.3. The average Bonchev–Trinajstić information content (AvgIpc) is 2.19. The summed E-state index contributed by atoms with van der Waals surface area (Å²) in [7, 11) is 0. The summed E-state index contributed by atoms with van der Waals surface area (Å²) >= 11 is 2.83. The van der Waals surface area contributed by atoms with Gasteiger partial charge in [0.1, 0.15) is 5.75 Å². The Morgan fingerprint density at radius 1 is 1.31 bits per heavy atom. The molecule has 0 aliphatic carbocycles. The Morgan fingerprint density at radius 2 is 2.00 bits per heavy atom. The minimum atomic E-state index is -4.41. The van der Waals surface area contributed by atoms with Crippen LogP contribution >= 0.6 is 15.9 Å². The molecule has 16 heavy (non-hydrogen) atoms. The molecule has 0 fully saturated rings. The highest BCUT2D eigenvalue weighted by atomic mass is 79.9. The Kier molecular flexibility index (Phi) is 4.61. The molecule has 0 heterocycles. The molecule has 0 bridgehead atoms. The van der Waals surface area contributed by atoms with Crippen molar-refractivity contribution < 1.29 is 23.0 Å². The first-order valence-corrected chi connectivity index (χ1v) is 5.35. The summed E-state index contributed by atoms with van der Waals surface area (Å²) in [5.41, 5.74) is -0.769. The summed E-state index contributed by atoms with van der Waals surface area (Å²) in [5.74, 6) is 0.143. The van der Waals surface area contributed by atoms with Gasteiger partial charge in [-0.3, -0.25) is 0 Å². The molecule has 1 N–H and O–H groups in total. The van der Waals surface area contributed by atoms with Crippen molar-refractivity contribution in [3.05, 3.63) is 28.2 Å². The van der Waals surface area contributed by atoms with Gasteiger partial charge in [-0.15, -0.1) is 0 Å². The van der Waals surface area contributed by atoms with Crippen molar-refractivity contribution in [2.24, 2.45) is 0 Å². The maximum Gasteiger partial charge on any atom is 0.417 e. The van der Waals surface area contributed by atoms with E-state index in [0.29, 0.717) is 6.42 Å². The van der Waals surface area contributed by atoms with E-state index in [1.165, 1.54) is 12.1 Å². The maximum atomic E-state index is 12.5. The number of aliphatic hydroxyl groups is 1. The molecular weight excluding hydrogens is 289 g/mol. The average molecular weight is 299 g/mol. The molecule has 0 spiro atoms. The molecule has 0 saturated carbocycles. The highest BCUT2D eigenvalue weighted by molar-refractivity contribution is 9.10. The number of rotatable bonds is 4. The fourth-order valence-corrected chi connectivity index (χ4v) is 1.54. The van der Waals surface area contributed by atoms with Gasteiger partial charge in [0.05, 0.1) is 12.2 Å². The molecule has 1 aromatic rings. The summed E-state index contributed by atoms with van der Waals surface area (Å²) in [6, 6.07) is 3.66. The molecule has 0 aliphatic rings. The van der Waals surface area contributed by atoms with Crippen LogP contribution in [0.2, 0.25) is 0 Å².